The Morgan fingerprint density at radius 1 is 0.559 bits per heavy atom. The van der Waals surface area contributed by atoms with Crippen molar-refractivity contribution in [2.75, 3.05) is 13.2 Å². The first-order valence-electron chi connectivity index (χ1n) is 13.7. The molecule has 5 N–H and O–H groups in total. The summed E-state index contributed by atoms with van der Waals surface area (Å²) in [5.41, 5.74) is 0. The maximum Gasteiger partial charge on any atom is 1.00 e. The monoisotopic (exact) mass is 521 g/mol. The van der Waals surface area contributed by atoms with Crippen LogP contribution >= 0.6 is 0 Å². The Hall–Kier alpha value is 0.790. The van der Waals surface area contributed by atoms with Crippen LogP contribution < -0.4 is 35.7 Å². The van der Waals surface area contributed by atoms with E-state index in [2.05, 4.69) is 18.0 Å². The topological polar surface area (TPSA) is 119 Å². The molecule has 0 aliphatic heterocycles. The van der Waals surface area contributed by atoms with Crippen LogP contribution in [0.15, 0.2) is 0 Å². The number of rotatable bonds is 24. The van der Waals surface area contributed by atoms with E-state index in [-0.39, 0.29) is 43.7 Å². The molecule has 0 saturated carbocycles. The molecule has 0 aliphatic rings. The number of aliphatic hydroxyl groups is 1. The van der Waals surface area contributed by atoms with Crippen molar-refractivity contribution in [2.24, 2.45) is 0 Å². The zero-order valence-electron chi connectivity index (χ0n) is 24.2. The summed E-state index contributed by atoms with van der Waals surface area (Å²) in [4.78, 5) is 0. The quantitative estimate of drug-likeness (QED) is 0.0853. The van der Waals surface area contributed by atoms with Crippen LogP contribution in [0.3, 0.4) is 0 Å². The first-order valence-corrected chi connectivity index (χ1v) is 15.1. The average molecular weight is 522 g/mol. The van der Waals surface area contributed by atoms with E-state index in [0.717, 1.165) is 19.3 Å². The molecule has 0 unspecified atom stereocenters. The Morgan fingerprint density at radius 3 is 1.09 bits per heavy atom. The maximum absolute atomic E-state index is 10.2. The van der Waals surface area contributed by atoms with Gasteiger partial charge in [0.2, 0.25) is 0 Å². The Morgan fingerprint density at radius 2 is 0.824 bits per heavy atom. The second-order valence-electron chi connectivity index (χ2n) is 9.04. The molecule has 0 aromatic heterocycles. The fourth-order valence-electron chi connectivity index (χ4n) is 3.71. The van der Waals surface area contributed by atoms with Gasteiger partial charge in [-0.3, -0.25) is 4.55 Å². The first kappa shape index (κ1) is 41.9. The van der Waals surface area contributed by atoms with Crippen LogP contribution in [0.5, 0.6) is 0 Å². The molecule has 0 heterocycles. The Kier molecular flexibility index (Phi) is 44.3. The van der Waals surface area contributed by atoms with Gasteiger partial charge in [-0.15, -0.1) is 0 Å². The van der Waals surface area contributed by atoms with E-state index >= 15 is 0 Å². The molecule has 0 spiro atoms. The van der Waals surface area contributed by atoms with Crippen molar-refractivity contribution in [2.45, 2.75) is 155 Å². The SMILES string of the molecule is CCCCCCCCCCCCCCO.CCCCCCCCCCCCOS(=O)(=O)O.N.[H-].[Na+]. The molecule has 0 atom stereocenters. The minimum atomic E-state index is -4.23. The second kappa shape index (κ2) is 35.9. The Labute approximate surface area is 237 Å². The van der Waals surface area contributed by atoms with Gasteiger partial charge < -0.3 is 12.7 Å². The summed E-state index contributed by atoms with van der Waals surface area (Å²) >= 11 is 0. The van der Waals surface area contributed by atoms with Crippen molar-refractivity contribution < 1.29 is 53.2 Å². The van der Waals surface area contributed by atoms with Crippen molar-refractivity contribution in [3.63, 3.8) is 0 Å². The summed E-state index contributed by atoms with van der Waals surface area (Å²) in [6.07, 6.45) is 28.1. The van der Waals surface area contributed by atoms with Crippen LogP contribution in [0.1, 0.15) is 157 Å². The third kappa shape index (κ3) is 46.2. The number of unbranched alkanes of at least 4 members (excludes halogenated alkanes) is 20. The number of aliphatic hydroxyl groups excluding tert-OH is 1. The van der Waals surface area contributed by atoms with Crippen LogP contribution in [0.25, 0.3) is 0 Å². The fourth-order valence-corrected chi connectivity index (χ4v) is 4.03. The van der Waals surface area contributed by atoms with Crippen molar-refractivity contribution in [1.29, 1.82) is 0 Å². The van der Waals surface area contributed by atoms with E-state index in [1.165, 1.54) is 116 Å². The van der Waals surface area contributed by atoms with Gasteiger partial charge >= 0.3 is 40.0 Å². The van der Waals surface area contributed by atoms with Gasteiger partial charge in [0.15, 0.2) is 0 Å². The normalized spacial score (nSPS) is 10.7. The predicted octanol–water partition coefficient (Wildman–Crippen LogP) is 5.69. The van der Waals surface area contributed by atoms with Gasteiger partial charge in [-0.2, -0.15) is 8.42 Å². The molecule has 0 aliphatic carbocycles. The van der Waals surface area contributed by atoms with Gasteiger partial charge in [0.25, 0.3) is 0 Å². The first-order chi connectivity index (χ1) is 15.5. The zero-order valence-corrected chi connectivity index (χ0v) is 26.0. The van der Waals surface area contributed by atoms with Crippen molar-refractivity contribution in [3.05, 3.63) is 0 Å². The molecule has 206 valence electrons. The Bertz CT molecular complexity index is 433. The maximum atomic E-state index is 10.2. The minimum Gasteiger partial charge on any atom is -1.00 e. The van der Waals surface area contributed by atoms with Gasteiger partial charge in [-0.25, -0.2) is 4.18 Å². The molecule has 0 bridgehead atoms. The largest absolute Gasteiger partial charge is 1.00 e. The summed E-state index contributed by atoms with van der Waals surface area (Å²) in [5.74, 6) is 0. The zero-order chi connectivity index (χ0) is 24.2. The molecule has 0 amide bonds. The van der Waals surface area contributed by atoms with Gasteiger partial charge in [0, 0.05) is 6.61 Å². The molecule has 6 nitrogen and oxygen atoms in total. The van der Waals surface area contributed by atoms with Gasteiger partial charge in [-0.05, 0) is 12.8 Å². The molecule has 0 saturated heterocycles. The smallest absolute Gasteiger partial charge is 1.00 e. The molecule has 34 heavy (non-hydrogen) atoms. The summed E-state index contributed by atoms with van der Waals surface area (Å²) in [6.45, 7) is 4.95. The number of hydrogen-bond donors (Lipinski definition) is 3. The standard InChI is InChI=1S/C14H30O.C12H26O4S.H3N.Na.H/c1-2-3-4-5-6-7-8-9-10-11-12-13-14-15;1-2-3-4-5-6-7-8-9-10-11-12-16-17(13,14)15;;;/h15H,2-14H2,1H3;2-12H2,1H3,(H,13,14,15);1H3;;/q;;;+1;-1. The molecular weight excluding hydrogens is 461 g/mol. The van der Waals surface area contributed by atoms with Crippen LogP contribution in [0.2, 0.25) is 0 Å². The van der Waals surface area contributed by atoms with Gasteiger partial charge in [-0.1, -0.05) is 142 Å². The molecule has 8 heteroatoms. The fraction of sp³-hybridized carbons (Fsp3) is 1.00. The molecule has 0 radical (unpaired) electrons. The van der Waals surface area contributed by atoms with E-state index in [4.69, 9.17) is 9.66 Å². The van der Waals surface area contributed by atoms with E-state index in [9.17, 15) is 8.42 Å². The van der Waals surface area contributed by atoms with Gasteiger partial charge in [0.05, 0.1) is 6.61 Å². The second-order valence-corrected chi connectivity index (χ2v) is 10.1. The van der Waals surface area contributed by atoms with Crippen LogP contribution in [0, 0.1) is 0 Å². The predicted molar refractivity (Wildman–Crippen MR) is 144 cm³/mol. The van der Waals surface area contributed by atoms with Crippen molar-refractivity contribution >= 4 is 10.4 Å². The third-order valence-corrected chi connectivity index (χ3v) is 6.21. The van der Waals surface area contributed by atoms with Crippen LogP contribution in [-0.2, 0) is 14.6 Å². The van der Waals surface area contributed by atoms with Crippen molar-refractivity contribution in [3.8, 4) is 0 Å². The third-order valence-electron chi connectivity index (χ3n) is 5.74. The van der Waals surface area contributed by atoms with E-state index in [0.29, 0.717) is 13.0 Å². The van der Waals surface area contributed by atoms with Crippen LogP contribution in [-0.4, -0.2) is 31.3 Å². The summed E-state index contributed by atoms with van der Waals surface area (Å²) in [7, 11) is -4.23. The van der Waals surface area contributed by atoms with Crippen molar-refractivity contribution in [1.82, 2.24) is 6.15 Å². The van der Waals surface area contributed by atoms with E-state index < -0.39 is 10.4 Å². The Balaban J connectivity index is -0.000000159. The molecule has 0 fully saturated rings. The molecule has 0 rings (SSSR count). The summed E-state index contributed by atoms with van der Waals surface area (Å²) in [5, 5.41) is 8.61. The van der Waals surface area contributed by atoms with E-state index in [1.807, 2.05) is 0 Å². The van der Waals surface area contributed by atoms with Crippen LogP contribution in [0.4, 0.5) is 0 Å². The minimum absolute atomic E-state index is 0. The summed E-state index contributed by atoms with van der Waals surface area (Å²) < 4.78 is 33.0. The number of hydrogen-bond acceptors (Lipinski definition) is 5. The van der Waals surface area contributed by atoms with E-state index in [1.54, 1.807) is 0 Å². The average Bonchev–Trinajstić information content (AvgIpc) is 2.75. The molecular formula is C26H60NNaO5S. The summed E-state index contributed by atoms with van der Waals surface area (Å²) in [6, 6.07) is 0. The van der Waals surface area contributed by atoms with Gasteiger partial charge in [0.1, 0.15) is 0 Å². The molecule has 0 aromatic carbocycles. The molecule has 0 aromatic rings.